The highest BCUT2D eigenvalue weighted by Gasteiger charge is 2.44. The average Bonchev–Trinajstić information content (AvgIpc) is 2.06. The lowest BCUT2D eigenvalue weighted by atomic mass is 9.83. The third-order valence-electron chi connectivity index (χ3n) is 4.42. The van der Waals surface area contributed by atoms with Crippen LogP contribution in [-0.2, 0) is 8.85 Å². The van der Waals surface area contributed by atoms with Gasteiger partial charge in [-0.2, -0.15) is 0 Å². The predicted molar refractivity (Wildman–Crippen MR) is 68.8 cm³/mol. The molecule has 0 aromatic rings. The molecule has 0 aromatic carbocycles. The Morgan fingerprint density at radius 1 is 1.06 bits per heavy atom. The Labute approximate surface area is 101 Å². The average molecular weight is 242 g/mol. The largest absolute Gasteiger partial charge is 0.394 e. The molecule has 2 fully saturated rings. The first-order chi connectivity index (χ1) is 7.74. The molecule has 0 aliphatic heterocycles. The first-order valence-corrected chi connectivity index (χ1v) is 9.42. The van der Waals surface area contributed by atoms with Gasteiger partial charge < -0.3 is 8.85 Å². The fourth-order valence-electron chi connectivity index (χ4n) is 2.71. The van der Waals surface area contributed by atoms with Crippen LogP contribution in [0.2, 0.25) is 12.1 Å². The van der Waals surface area contributed by atoms with Gasteiger partial charge in [0, 0.05) is 18.8 Å². The van der Waals surface area contributed by atoms with Crippen LogP contribution < -0.4 is 0 Å². The molecule has 2 aliphatic rings. The van der Waals surface area contributed by atoms with Crippen LogP contribution in [0.5, 0.6) is 0 Å². The molecule has 0 saturated heterocycles. The molecule has 16 heavy (non-hydrogen) atoms. The highest BCUT2D eigenvalue weighted by Crippen LogP contribution is 2.42. The van der Waals surface area contributed by atoms with E-state index in [4.69, 9.17) is 8.85 Å². The van der Waals surface area contributed by atoms with Gasteiger partial charge in [-0.05, 0) is 38.7 Å². The van der Waals surface area contributed by atoms with E-state index < -0.39 is 8.56 Å². The lowest BCUT2D eigenvalue weighted by molar-refractivity contribution is 0.137. The molecule has 1 unspecified atom stereocenters. The highest BCUT2D eigenvalue weighted by molar-refractivity contribution is 6.67. The van der Waals surface area contributed by atoms with E-state index in [-0.39, 0.29) is 0 Å². The van der Waals surface area contributed by atoms with Gasteiger partial charge >= 0.3 is 8.56 Å². The van der Waals surface area contributed by atoms with Crippen LogP contribution >= 0.6 is 0 Å². The molecule has 1 atom stereocenters. The maximum Gasteiger partial charge on any atom is 0.338 e. The molecule has 3 heteroatoms. The zero-order valence-electron chi connectivity index (χ0n) is 10.8. The SMILES string of the molecule is CCO[Si](C)(OCCC1CCC1)C1CCC1. The summed E-state index contributed by atoms with van der Waals surface area (Å²) in [7, 11) is -1.82. The third-order valence-corrected chi connectivity index (χ3v) is 8.12. The van der Waals surface area contributed by atoms with Gasteiger partial charge in [0.2, 0.25) is 0 Å². The Kier molecular flexibility index (Phi) is 4.45. The summed E-state index contributed by atoms with van der Waals surface area (Å²) in [4.78, 5) is 0. The first kappa shape index (κ1) is 12.6. The Bertz CT molecular complexity index is 214. The van der Waals surface area contributed by atoms with E-state index in [2.05, 4.69) is 13.5 Å². The molecular formula is C13H26O2Si. The van der Waals surface area contributed by atoms with Gasteiger partial charge in [0.25, 0.3) is 0 Å². The third kappa shape index (κ3) is 2.87. The molecule has 0 bridgehead atoms. The fourth-order valence-corrected chi connectivity index (χ4v) is 5.81. The molecule has 0 amide bonds. The van der Waals surface area contributed by atoms with Crippen molar-refractivity contribution in [1.29, 1.82) is 0 Å². The van der Waals surface area contributed by atoms with Crippen molar-refractivity contribution in [2.75, 3.05) is 13.2 Å². The zero-order chi connectivity index (χ0) is 11.4. The van der Waals surface area contributed by atoms with Crippen LogP contribution in [0.4, 0.5) is 0 Å². The lowest BCUT2D eigenvalue weighted by Gasteiger charge is -2.39. The molecular weight excluding hydrogens is 216 g/mol. The molecule has 2 rings (SSSR count). The molecule has 0 aromatic heterocycles. The van der Waals surface area contributed by atoms with E-state index in [0.29, 0.717) is 0 Å². The van der Waals surface area contributed by atoms with Crippen molar-refractivity contribution in [2.45, 2.75) is 64.0 Å². The Hall–Kier alpha value is 0.137. The molecule has 0 N–H and O–H groups in total. The van der Waals surface area contributed by atoms with E-state index in [1.54, 1.807) is 0 Å². The summed E-state index contributed by atoms with van der Waals surface area (Å²) in [5.41, 5.74) is 0.772. The van der Waals surface area contributed by atoms with Gasteiger partial charge in [-0.1, -0.05) is 25.7 Å². The predicted octanol–water partition coefficient (Wildman–Crippen LogP) is 3.86. The molecule has 0 heterocycles. The van der Waals surface area contributed by atoms with Crippen LogP contribution in [0.3, 0.4) is 0 Å². The number of rotatable bonds is 7. The Morgan fingerprint density at radius 3 is 2.19 bits per heavy atom. The summed E-state index contributed by atoms with van der Waals surface area (Å²) in [6.45, 7) is 6.15. The van der Waals surface area contributed by atoms with E-state index in [9.17, 15) is 0 Å². The zero-order valence-corrected chi connectivity index (χ0v) is 11.8. The summed E-state index contributed by atoms with van der Waals surface area (Å²) in [6.07, 6.45) is 9.62. The molecule has 94 valence electrons. The minimum Gasteiger partial charge on any atom is -0.394 e. The standard InChI is InChI=1S/C13H26O2Si/c1-3-14-16(2,13-8-5-9-13)15-11-10-12-6-4-7-12/h12-13H,3-11H2,1-2H3. The maximum atomic E-state index is 6.20. The van der Waals surface area contributed by atoms with Gasteiger partial charge in [-0.3, -0.25) is 0 Å². The summed E-state index contributed by atoms with van der Waals surface area (Å²) >= 11 is 0. The Balaban J connectivity index is 1.72. The van der Waals surface area contributed by atoms with Crippen molar-refractivity contribution in [2.24, 2.45) is 5.92 Å². The van der Waals surface area contributed by atoms with Crippen molar-refractivity contribution in [3.05, 3.63) is 0 Å². The second-order valence-electron chi connectivity index (χ2n) is 5.51. The highest BCUT2D eigenvalue weighted by atomic mass is 28.4. The van der Waals surface area contributed by atoms with E-state index in [1.807, 2.05) is 0 Å². The van der Waals surface area contributed by atoms with Crippen molar-refractivity contribution in [1.82, 2.24) is 0 Å². The number of hydrogen-bond acceptors (Lipinski definition) is 2. The van der Waals surface area contributed by atoms with E-state index >= 15 is 0 Å². The van der Waals surface area contributed by atoms with Crippen LogP contribution in [0.15, 0.2) is 0 Å². The van der Waals surface area contributed by atoms with Crippen molar-refractivity contribution >= 4 is 8.56 Å². The first-order valence-electron chi connectivity index (χ1n) is 7.02. The van der Waals surface area contributed by atoms with Crippen LogP contribution in [0.1, 0.15) is 51.9 Å². The number of hydrogen-bond donors (Lipinski definition) is 0. The molecule has 2 aliphatic carbocycles. The fraction of sp³-hybridized carbons (Fsp3) is 1.00. The topological polar surface area (TPSA) is 18.5 Å². The normalized spacial score (nSPS) is 25.9. The second kappa shape index (κ2) is 5.65. The summed E-state index contributed by atoms with van der Waals surface area (Å²) in [5, 5.41) is 0. The van der Waals surface area contributed by atoms with Crippen LogP contribution in [-0.4, -0.2) is 21.8 Å². The molecule has 0 radical (unpaired) electrons. The van der Waals surface area contributed by atoms with Crippen molar-refractivity contribution < 1.29 is 8.85 Å². The van der Waals surface area contributed by atoms with Gasteiger partial charge in [0.15, 0.2) is 0 Å². The summed E-state index contributed by atoms with van der Waals surface area (Å²) < 4.78 is 12.2. The van der Waals surface area contributed by atoms with Crippen LogP contribution in [0, 0.1) is 5.92 Å². The van der Waals surface area contributed by atoms with E-state index in [1.165, 1.54) is 44.9 Å². The molecule has 2 nitrogen and oxygen atoms in total. The second-order valence-corrected chi connectivity index (χ2v) is 8.94. The molecule has 2 saturated carbocycles. The van der Waals surface area contributed by atoms with Crippen molar-refractivity contribution in [3.63, 3.8) is 0 Å². The minimum absolute atomic E-state index is 0.772. The van der Waals surface area contributed by atoms with Gasteiger partial charge in [-0.25, -0.2) is 0 Å². The molecule has 0 spiro atoms. The smallest absolute Gasteiger partial charge is 0.338 e. The monoisotopic (exact) mass is 242 g/mol. The minimum atomic E-state index is -1.82. The van der Waals surface area contributed by atoms with Gasteiger partial charge in [0.1, 0.15) is 0 Å². The van der Waals surface area contributed by atoms with Gasteiger partial charge in [0.05, 0.1) is 0 Å². The maximum absolute atomic E-state index is 6.20. The quantitative estimate of drug-likeness (QED) is 0.631. The van der Waals surface area contributed by atoms with Crippen LogP contribution in [0.25, 0.3) is 0 Å². The summed E-state index contributed by atoms with van der Waals surface area (Å²) in [5.74, 6) is 0.960. The summed E-state index contributed by atoms with van der Waals surface area (Å²) in [6, 6.07) is 0. The van der Waals surface area contributed by atoms with Crippen molar-refractivity contribution in [3.8, 4) is 0 Å². The lowest BCUT2D eigenvalue weighted by Crippen LogP contribution is -2.46. The van der Waals surface area contributed by atoms with E-state index in [0.717, 1.165) is 24.7 Å². The Morgan fingerprint density at radius 2 is 1.75 bits per heavy atom. The van der Waals surface area contributed by atoms with Gasteiger partial charge in [-0.15, -0.1) is 0 Å².